The number of fused-ring (bicyclic) bond motifs is 1. The van der Waals surface area contributed by atoms with Crippen LogP contribution in [0.4, 0.5) is 14.9 Å². The van der Waals surface area contributed by atoms with Crippen molar-refractivity contribution in [1.82, 2.24) is 24.3 Å². The SMILES string of the molecule is COc1cccc(-c2cnc3nc(-c4cc(NC(=O)N5CCCC5)ccc4F)ccn23)n1.Cl. The molecule has 0 atom stereocenters. The van der Waals surface area contributed by atoms with E-state index in [1.54, 1.807) is 53.1 Å². The summed E-state index contributed by atoms with van der Waals surface area (Å²) in [6, 6.07) is 11.5. The minimum absolute atomic E-state index is 0. The topological polar surface area (TPSA) is 84.7 Å². The third kappa shape index (κ3) is 4.45. The van der Waals surface area contributed by atoms with Gasteiger partial charge in [-0.3, -0.25) is 4.40 Å². The van der Waals surface area contributed by atoms with Crippen LogP contribution in [0.25, 0.3) is 28.4 Å². The molecule has 5 rings (SSSR count). The molecule has 0 aliphatic carbocycles. The van der Waals surface area contributed by atoms with Gasteiger partial charge in [-0.1, -0.05) is 6.07 Å². The highest BCUT2D eigenvalue weighted by atomic mass is 35.5. The molecular weight excluding hydrogens is 447 g/mol. The zero-order valence-corrected chi connectivity index (χ0v) is 18.7. The molecule has 2 amide bonds. The molecule has 0 spiro atoms. The predicted octanol–water partition coefficient (Wildman–Crippen LogP) is 4.66. The molecule has 1 aromatic carbocycles. The van der Waals surface area contributed by atoms with Gasteiger partial charge in [-0.05, 0) is 43.2 Å². The first-order valence-corrected chi connectivity index (χ1v) is 10.3. The number of likely N-dealkylation sites (tertiary alicyclic amines) is 1. The zero-order chi connectivity index (χ0) is 22.1. The third-order valence-corrected chi connectivity index (χ3v) is 5.46. The maximum absolute atomic E-state index is 14.6. The molecule has 3 aromatic heterocycles. The Morgan fingerprint density at radius 2 is 1.91 bits per heavy atom. The number of ether oxygens (including phenoxy) is 1. The lowest BCUT2D eigenvalue weighted by Crippen LogP contribution is -2.32. The summed E-state index contributed by atoms with van der Waals surface area (Å²) >= 11 is 0. The van der Waals surface area contributed by atoms with Gasteiger partial charge in [0.05, 0.1) is 30.4 Å². The first kappa shape index (κ1) is 22.5. The Labute approximate surface area is 195 Å². The number of carbonyl (C=O) groups excluding carboxylic acids is 1. The van der Waals surface area contributed by atoms with Gasteiger partial charge in [0.1, 0.15) is 5.82 Å². The summed E-state index contributed by atoms with van der Waals surface area (Å²) in [6.45, 7) is 1.48. The lowest BCUT2D eigenvalue weighted by atomic mass is 10.1. The minimum atomic E-state index is -0.428. The summed E-state index contributed by atoms with van der Waals surface area (Å²) in [6.07, 6.45) is 5.44. The van der Waals surface area contributed by atoms with E-state index in [4.69, 9.17) is 4.74 Å². The van der Waals surface area contributed by atoms with Crippen LogP contribution in [0.5, 0.6) is 5.88 Å². The van der Waals surface area contributed by atoms with Crippen molar-refractivity contribution in [3.8, 4) is 28.5 Å². The van der Waals surface area contributed by atoms with Gasteiger partial charge >= 0.3 is 6.03 Å². The molecule has 4 aromatic rings. The fourth-order valence-electron chi connectivity index (χ4n) is 3.80. The second-order valence-electron chi connectivity index (χ2n) is 7.51. The summed E-state index contributed by atoms with van der Waals surface area (Å²) in [4.78, 5) is 27.5. The summed E-state index contributed by atoms with van der Waals surface area (Å²) in [5.41, 5.74) is 2.65. The molecule has 0 unspecified atom stereocenters. The lowest BCUT2D eigenvalue weighted by molar-refractivity contribution is 0.222. The highest BCUT2D eigenvalue weighted by Crippen LogP contribution is 2.27. The molecule has 4 heterocycles. The fraction of sp³-hybridized carbons (Fsp3) is 0.217. The number of benzene rings is 1. The molecule has 33 heavy (non-hydrogen) atoms. The largest absolute Gasteiger partial charge is 0.481 e. The van der Waals surface area contributed by atoms with Crippen LogP contribution in [-0.2, 0) is 0 Å². The number of nitrogens with zero attached hydrogens (tertiary/aromatic N) is 5. The maximum Gasteiger partial charge on any atom is 0.321 e. The number of anilines is 1. The van der Waals surface area contributed by atoms with E-state index in [0.717, 1.165) is 31.6 Å². The van der Waals surface area contributed by atoms with Crippen LogP contribution in [0.2, 0.25) is 0 Å². The average Bonchev–Trinajstić information content (AvgIpc) is 3.50. The fourth-order valence-corrected chi connectivity index (χ4v) is 3.80. The molecule has 8 nitrogen and oxygen atoms in total. The van der Waals surface area contributed by atoms with E-state index in [2.05, 4.69) is 20.3 Å². The van der Waals surface area contributed by atoms with Gasteiger partial charge in [0.15, 0.2) is 0 Å². The molecule has 10 heteroatoms. The van der Waals surface area contributed by atoms with Gasteiger partial charge in [0.2, 0.25) is 11.7 Å². The molecule has 0 bridgehead atoms. The Balaban J connectivity index is 0.00000259. The van der Waals surface area contributed by atoms with Crippen LogP contribution in [0, 0.1) is 5.82 Å². The van der Waals surface area contributed by atoms with Crippen LogP contribution >= 0.6 is 12.4 Å². The van der Waals surface area contributed by atoms with Gasteiger partial charge in [0.25, 0.3) is 0 Å². The predicted molar refractivity (Wildman–Crippen MR) is 125 cm³/mol. The number of nitrogens with one attached hydrogen (secondary N) is 1. The van der Waals surface area contributed by atoms with Crippen molar-refractivity contribution >= 4 is 29.9 Å². The smallest absolute Gasteiger partial charge is 0.321 e. The highest BCUT2D eigenvalue weighted by molar-refractivity contribution is 5.90. The van der Waals surface area contributed by atoms with Crippen molar-refractivity contribution < 1.29 is 13.9 Å². The molecule has 1 aliphatic rings. The van der Waals surface area contributed by atoms with Crippen LogP contribution < -0.4 is 10.1 Å². The van der Waals surface area contributed by atoms with E-state index >= 15 is 0 Å². The molecule has 1 saturated heterocycles. The van der Waals surface area contributed by atoms with E-state index in [0.29, 0.717) is 28.7 Å². The Morgan fingerprint density at radius 1 is 1.09 bits per heavy atom. The van der Waals surface area contributed by atoms with E-state index in [1.807, 2.05) is 12.1 Å². The van der Waals surface area contributed by atoms with E-state index in [9.17, 15) is 9.18 Å². The number of aromatic nitrogens is 4. The Morgan fingerprint density at radius 3 is 2.70 bits per heavy atom. The molecule has 0 radical (unpaired) electrons. The number of carbonyl (C=O) groups is 1. The van der Waals surface area contributed by atoms with Crippen molar-refractivity contribution in [1.29, 1.82) is 0 Å². The number of imidazole rings is 1. The number of halogens is 2. The number of hydrogen-bond donors (Lipinski definition) is 1. The monoisotopic (exact) mass is 468 g/mol. The van der Waals surface area contributed by atoms with Crippen molar-refractivity contribution in [2.75, 3.05) is 25.5 Å². The van der Waals surface area contributed by atoms with Crippen molar-refractivity contribution in [3.05, 3.63) is 60.7 Å². The van der Waals surface area contributed by atoms with Gasteiger partial charge in [-0.15, -0.1) is 12.4 Å². The van der Waals surface area contributed by atoms with Crippen LogP contribution in [-0.4, -0.2) is 50.5 Å². The number of rotatable bonds is 4. The number of amides is 2. The lowest BCUT2D eigenvalue weighted by Gasteiger charge is -2.16. The van der Waals surface area contributed by atoms with Crippen molar-refractivity contribution in [2.45, 2.75) is 12.8 Å². The van der Waals surface area contributed by atoms with Crippen molar-refractivity contribution in [3.63, 3.8) is 0 Å². The van der Waals surface area contributed by atoms with Crippen LogP contribution in [0.3, 0.4) is 0 Å². The highest BCUT2D eigenvalue weighted by Gasteiger charge is 2.19. The average molecular weight is 469 g/mol. The number of pyridine rings is 1. The summed E-state index contributed by atoms with van der Waals surface area (Å²) in [5, 5.41) is 2.85. The van der Waals surface area contributed by atoms with Gasteiger partial charge in [0, 0.05) is 36.6 Å². The number of hydrogen-bond acceptors (Lipinski definition) is 5. The third-order valence-electron chi connectivity index (χ3n) is 5.46. The second-order valence-corrected chi connectivity index (χ2v) is 7.51. The van der Waals surface area contributed by atoms with E-state index in [1.165, 1.54) is 6.07 Å². The van der Waals surface area contributed by atoms with Crippen LogP contribution in [0.15, 0.2) is 54.9 Å². The standard InChI is InChI=1S/C23H21FN6O2.ClH/c1-32-21-6-4-5-19(27-21)20-14-25-22-28-18(9-12-30(20)22)16-13-15(7-8-17(16)24)26-23(31)29-10-2-3-11-29;/h4-9,12-14H,2-3,10-11H2,1H3,(H,26,31);1H. The van der Waals surface area contributed by atoms with Crippen molar-refractivity contribution in [2.24, 2.45) is 0 Å². The van der Waals surface area contributed by atoms with E-state index < -0.39 is 5.82 Å². The molecule has 170 valence electrons. The molecular formula is C23H22ClFN6O2. The van der Waals surface area contributed by atoms with Gasteiger partial charge in [-0.2, -0.15) is 0 Å². The number of methoxy groups -OCH3 is 1. The Kier molecular flexibility index (Phi) is 6.41. The van der Waals surface area contributed by atoms with E-state index in [-0.39, 0.29) is 24.0 Å². The number of urea groups is 1. The Hall–Kier alpha value is -3.72. The summed E-state index contributed by atoms with van der Waals surface area (Å²) in [5.74, 6) is 0.479. The molecule has 1 N–H and O–H groups in total. The Bertz CT molecular complexity index is 1310. The minimum Gasteiger partial charge on any atom is -0.481 e. The first-order valence-electron chi connectivity index (χ1n) is 10.3. The summed E-state index contributed by atoms with van der Waals surface area (Å²) < 4.78 is 21.6. The van der Waals surface area contributed by atoms with Crippen LogP contribution in [0.1, 0.15) is 12.8 Å². The first-order chi connectivity index (χ1) is 15.6. The zero-order valence-electron chi connectivity index (χ0n) is 17.9. The van der Waals surface area contributed by atoms with Gasteiger partial charge < -0.3 is 15.0 Å². The molecule has 1 aliphatic heterocycles. The molecule has 0 saturated carbocycles. The maximum atomic E-state index is 14.6. The second kappa shape index (κ2) is 9.41. The quantitative estimate of drug-likeness (QED) is 0.471. The summed E-state index contributed by atoms with van der Waals surface area (Å²) in [7, 11) is 1.56. The normalized spacial score (nSPS) is 13.1. The van der Waals surface area contributed by atoms with Gasteiger partial charge in [-0.25, -0.2) is 24.1 Å². The molecule has 1 fully saturated rings.